The molecule has 0 aliphatic rings. The van der Waals surface area contributed by atoms with Crippen molar-refractivity contribution in [2.75, 3.05) is 16.8 Å². The Morgan fingerprint density at radius 2 is 2.12 bits per heavy atom. The first kappa shape index (κ1) is 12.2. The van der Waals surface area contributed by atoms with E-state index in [0.717, 1.165) is 11.3 Å². The van der Waals surface area contributed by atoms with E-state index in [-0.39, 0.29) is 0 Å². The molecule has 0 radical (unpaired) electrons. The molecule has 0 bridgehead atoms. The van der Waals surface area contributed by atoms with Crippen LogP contribution >= 0.6 is 11.8 Å². The van der Waals surface area contributed by atoms with Gasteiger partial charge in [0.15, 0.2) is 0 Å². The minimum absolute atomic E-state index is 0.478. The lowest BCUT2D eigenvalue weighted by Gasteiger charge is -2.16. The molecule has 1 N–H and O–H groups in total. The van der Waals surface area contributed by atoms with Crippen LogP contribution in [-0.2, 0) is 0 Å². The van der Waals surface area contributed by atoms with Crippen molar-refractivity contribution < 1.29 is 0 Å². The summed E-state index contributed by atoms with van der Waals surface area (Å²) in [6.07, 6.45) is 1.87. The van der Waals surface area contributed by atoms with Gasteiger partial charge in [-0.2, -0.15) is 11.8 Å². The van der Waals surface area contributed by atoms with E-state index in [2.05, 4.69) is 42.3 Å². The molecule has 1 unspecified atom stereocenters. The molecule has 0 fully saturated rings. The van der Waals surface area contributed by atoms with Crippen LogP contribution in [0.3, 0.4) is 0 Å². The Labute approximate surface area is 107 Å². The maximum atomic E-state index is 4.37. The summed E-state index contributed by atoms with van der Waals surface area (Å²) in [5, 5.41) is 4.76. The molecule has 1 heterocycles. The highest BCUT2D eigenvalue weighted by Gasteiger charge is 2.05. The van der Waals surface area contributed by atoms with Gasteiger partial charge in [0.2, 0.25) is 0 Å². The molecule has 1 aromatic heterocycles. The fourth-order valence-electron chi connectivity index (χ4n) is 1.82. The number of anilines is 1. The first-order chi connectivity index (χ1) is 8.31. The van der Waals surface area contributed by atoms with Crippen molar-refractivity contribution in [1.29, 1.82) is 0 Å². The van der Waals surface area contributed by atoms with E-state index < -0.39 is 0 Å². The fraction of sp³-hybridized carbons (Fsp3) is 0.357. The van der Waals surface area contributed by atoms with Gasteiger partial charge in [-0.3, -0.25) is 4.98 Å². The molecule has 1 atom stereocenters. The number of hydrogen-bond donors (Lipinski definition) is 1. The van der Waals surface area contributed by atoms with Crippen molar-refractivity contribution in [3.63, 3.8) is 0 Å². The molecule has 90 valence electrons. The van der Waals surface area contributed by atoms with Crippen molar-refractivity contribution in [2.45, 2.75) is 19.9 Å². The largest absolute Gasteiger partial charge is 0.381 e. The summed E-state index contributed by atoms with van der Waals surface area (Å²) >= 11 is 1.96. The van der Waals surface area contributed by atoms with Crippen LogP contribution in [0.25, 0.3) is 10.9 Å². The van der Waals surface area contributed by atoms with Gasteiger partial charge in [-0.15, -0.1) is 0 Å². The number of hydrogen-bond acceptors (Lipinski definition) is 3. The van der Waals surface area contributed by atoms with Crippen LogP contribution in [0.15, 0.2) is 36.5 Å². The average molecular weight is 246 g/mol. The first-order valence-electron chi connectivity index (χ1n) is 5.99. The van der Waals surface area contributed by atoms with Gasteiger partial charge in [-0.25, -0.2) is 0 Å². The summed E-state index contributed by atoms with van der Waals surface area (Å²) < 4.78 is 0. The molecule has 2 aromatic rings. The standard InChI is InChI=1S/C14H18N2S/c1-3-17-10-11(2)16-14-8-9-15-13-7-5-4-6-12(13)14/h4-9,11H,3,10H2,1-2H3,(H,15,16). The van der Waals surface area contributed by atoms with E-state index in [4.69, 9.17) is 0 Å². The topological polar surface area (TPSA) is 24.9 Å². The maximum absolute atomic E-state index is 4.37. The van der Waals surface area contributed by atoms with Crippen LogP contribution in [0, 0.1) is 0 Å². The highest BCUT2D eigenvalue weighted by molar-refractivity contribution is 7.99. The average Bonchev–Trinajstić information content (AvgIpc) is 2.37. The number of aromatic nitrogens is 1. The van der Waals surface area contributed by atoms with Crippen LogP contribution in [-0.4, -0.2) is 22.5 Å². The van der Waals surface area contributed by atoms with Gasteiger partial charge in [-0.1, -0.05) is 25.1 Å². The van der Waals surface area contributed by atoms with E-state index in [9.17, 15) is 0 Å². The van der Waals surface area contributed by atoms with Crippen molar-refractivity contribution in [3.05, 3.63) is 36.5 Å². The molecule has 2 rings (SSSR count). The number of rotatable bonds is 5. The quantitative estimate of drug-likeness (QED) is 0.869. The lowest BCUT2D eigenvalue weighted by Crippen LogP contribution is -2.18. The molecule has 0 amide bonds. The number of pyridine rings is 1. The number of benzene rings is 1. The number of fused-ring (bicyclic) bond motifs is 1. The summed E-state index contributed by atoms with van der Waals surface area (Å²) in [5.41, 5.74) is 2.23. The monoisotopic (exact) mass is 246 g/mol. The van der Waals surface area contributed by atoms with Crippen molar-refractivity contribution in [2.24, 2.45) is 0 Å². The molecule has 0 saturated carbocycles. The van der Waals surface area contributed by atoms with Crippen LogP contribution < -0.4 is 5.32 Å². The van der Waals surface area contributed by atoms with Gasteiger partial charge >= 0.3 is 0 Å². The molecule has 0 aliphatic heterocycles. The van der Waals surface area contributed by atoms with Crippen LogP contribution in [0.5, 0.6) is 0 Å². The van der Waals surface area contributed by atoms with Crippen LogP contribution in [0.2, 0.25) is 0 Å². The minimum Gasteiger partial charge on any atom is -0.381 e. The second kappa shape index (κ2) is 5.92. The first-order valence-corrected chi connectivity index (χ1v) is 7.14. The third kappa shape index (κ3) is 3.13. The lowest BCUT2D eigenvalue weighted by molar-refractivity contribution is 0.915. The molecular formula is C14H18N2S. The highest BCUT2D eigenvalue weighted by Crippen LogP contribution is 2.22. The SMILES string of the molecule is CCSCC(C)Nc1ccnc2ccccc12. The number of nitrogens with zero attached hydrogens (tertiary/aromatic N) is 1. The second-order valence-electron chi connectivity index (χ2n) is 4.08. The van der Waals surface area contributed by atoms with E-state index in [1.54, 1.807) is 0 Å². The van der Waals surface area contributed by atoms with Gasteiger partial charge in [0.05, 0.1) is 5.52 Å². The van der Waals surface area contributed by atoms with Crippen LogP contribution in [0.4, 0.5) is 5.69 Å². The number of nitrogens with one attached hydrogen (secondary N) is 1. The van der Waals surface area contributed by atoms with Gasteiger partial charge in [0.25, 0.3) is 0 Å². The predicted octanol–water partition coefficient (Wildman–Crippen LogP) is 3.79. The van der Waals surface area contributed by atoms with Gasteiger partial charge in [-0.05, 0) is 24.8 Å². The molecular weight excluding hydrogens is 228 g/mol. The van der Waals surface area contributed by atoms with Crippen LogP contribution in [0.1, 0.15) is 13.8 Å². The Morgan fingerprint density at radius 1 is 1.29 bits per heavy atom. The zero-order chi connectivity index (χ0) is 12.1. The van der Waals surface area contributed by atoms with Gasteiger partial charge < -0.3 is 5.32 Å². The van der Waals surface area contributed by atoms with Gasteiger partial charge in [0, 0.05) is 29.1 Å². The Kier molecular flexibility index (Phi) is 4.26. The molecule has 0 aliphatic carbocycles. The summed E-state index contributed by atoms with van der Waals surface area (Å²) in [6.45, 7) is 4.41. The predicted molar refractivity (Wildman–Crippen MR) is 77.8 cm³/mol. The lowest BCUT2D eigenvalue weighted by atomic mass is 10.2. The zero-order valence-electron chi connectivity index (χ0n) is 10.3. The molecule has 17 heavy (non-hydrogen) atoms. The van der Waals surface area contributed by atoms with Gasteiger partial charge in [0.1, 0.15) is 0 Å². The highest BCUT2D eigenvalue weighted by atomic mass is 32.2. The third-order valence-electron chi connectivity index (χ3n) is 2.62. The maximum Gasteiger partial charge on any atom is 0.0722 e. The number of para-hydroxylation sites is 1. The summed E-state index contributed by atoms with van der Waals surface area (Å²) in [4.78, 5) is 4.37. The van der Waals surface area contributed by atoms with Crippen molar-refractivity contribution in [1.82, 2.24) is 4.98 Å². The fourth-order valence-corrected chi connectivity index (χ4v) is 2.50. The molecule has 1 aromatic carbocycles. The summed E-state index contributed by atoms with van der Waals surface area (Å²) in [6, 6.07) is 10.8. The smallest absolute Gasteiger partial charge is 0.0722 e. The summed E-state index contributed by atoms with van der Waals surface area (Å²) in [5.74, 6) is 2.30. The Bertz CT molecular complexity index is 479. The van der Waals surface area contributed by atoms with E-state index >= 15 is 0 Å². The van der Waals surface area contributed by atoms with E-state index in [0.29, 0.717) is 6.04 Å². The zero-order valence-corrected chi connectivity index (χ0v) is 11.1. The second-order valence-corrected chi connectivity index (χ2v) is 5.40. The Hall–Kier alpha value is -1.22. The third-order valence-corrected chi connectivity index (χ3v) is 3.77. The summed E-state index contributed by atoms with van der Waals surface area (Å²) in [7, 11) is 0. The minimum atomic E-state index is 0.478. The molecule has 3 heteroatoms. The molecule has 2 nitrogen and oxygen atoms in total. The Balaban J connectivity index is 2.18. The van der Waals surface area contributed by atoms with E-state index in [1.165, 1.54) is 16.8 Å². The van der Waals surface area contributed by atoms with E-state index in [1.807, 2.05) is 30.1 Å². The van der Waals surface area contributed by atoms with Crippen molar-refractivity contribution >= 4 is 28.4 Å². The Morgan fingerprint density at radius 3 is 2.94 bits per heavy atom. The normalized spacial score (nSPS) is 12.6. The molecule has 0 saturated heterocycles. The number of thioether (sulfide) groups is 1. The molecule has 0 spiro atoms. The van der Waals surface area contributed by atoms with Crippen molar-refractivity contribution in [3.8, 4) is 0 Å².